The van der Waals surface area contributed by atoms with E-state index in [-0.39, 0.29) is 30.8 Å². The number of hydrogen-bond donors (Lipinski definition) is 1. The molecule has 1 aliphatic rings. The summed E-state index contributed by atoms with van der Waals surface area (Å²) in [7, 11) is 0. The van der Waals surface area contributed by atoms with Gasteiger partial charge >= 0.3 is 0 Å². The van der Waals surface area contributed by atoms with Crippen molar-refractivity contribution >= 4 is 46.6 Å². The van der Waals surface area contributed by atoms with Crippen LogP contribution in [0.25, 0.3) is 0 Å². The van der Waals surface area contributed by atoms with Crippen LogP contribution in [0.5, 0.6) is 0 Å². The Kier molecular flexibility index (Phi) is 8.65. The van der Waals surface area contributed by atoms with Gasteiger partial charge in [0.15, 0.2) is 0 Å². The minimum Gasteiger partial charge on any atom is -0.352 e. The van der Waals surface area contributed by atoms with E-state index in [1.165, 1.54) is 0 Å². The molecule has 0 spiro atoms. The summed E-state index contributed by atoms with van der Waals surface area (Å²) >= 11 is 18.9. The Balaban J connectivity index is 1.77. The number of hydrogen-bond acceptors (Lipinski definition) is 2. The molecule has 31 heavy (non-hydrogen) atoms. The van der Waals surface area contributed by atoms with E-state index < -0.39 is 6.04 Å². The van der Waals surface area contributed by atoms with Gasteiger partial charge in [0, 0.05) is 39.6 Å². The Bertz CT molecular complexity index is 909. The second kappa shape index (κ2) is 11.2. The minimum absolute atomic E-state index is 0.148. The van der Waals surface area contributed by atoms with Gasteiger partial charge in [-0.2, -0.15) is 0 Å². The summed E-state index contributed by atoms with van der Waals surface area (Å²) < 4.78 is 0. The largest absolute Gasteiger partial charge is 0.352 e. The number of nitrogens with one attached hydrogen (secondary N) is 1. The SMILES string of the molecule is C[C@@H](C(=O)NC1CCCC1)N(Cc1c(Cl)cccc1Cl)C(=O)CCc1ccccc1Cl. The summed E-state index contributed by atoms with van der Waals surface area (Å²) in [4.78, 5) is 27.8. The van der Waals surface area contributed by atoms with Gasteiger partial charge in [-0.25, -0.2) is 0 Å². The van der Waals surface area contributed by atoms with Gasteiger partial charge in [0.1, 0.15) is 6.04 Å². The number of carbonyl (C=O) groups excluding carboxylic acids is 2. The Morgan fingerprint density at radius 3 is 2.26 bits per heavy atom. The normalized spacial score (nSPS) is 15.0. The third-order valence-corrected chi connectivity index (χ3v) is 6.90. The Morgan fingerprint density at radius 2 is 1.61 bits per heavy atom. The lowest BCUT2D eigenvalue weighted by atomic mass is 10.1. The van der Waals surface area contributed by atoms with E-state index in [0.29, 0.717) is 27.1 Å². The lowest BCUT2D eigenvalue weighted by molar-refractivity contribution is -0.140. The molecule has 0 aromatic heterocycles. The van der Waals surface area contributed by atoms with Crippen molar-refractivity contribution in [2.45, 2.75) is 64.1 Å². The maximum Gasteiger partial charge on any atom is 0.242 e. The van der Waals surface area contributed by atoms with Crippen LogP contribution >= 0.6 is 34.8 Å². The first-order valence-corrected chi connectivity index (χ1v) is 11.8. The van der Waals surface area contributed by atoms with Crippen molar-refractivity contribution in [3.63, 3.8) is 0 Å². The van der Waals surface area contributed by atoms with Gasteiger partial charge in [0.25, 0.3) is 0 Å². The van der Waals surface area contributed by atoms with E-state index in [1.54, 1.807) is 36.1 Å². The molecule has 0 unspecified atom stereocenters. The van der Waals surface area contributed by atoms with Gasteiger partial charge < -0.3 is 10.2 Å². The van der Waals surface area contributed by atoms with E-state index in [9.17, 15) is 9.59 Å². The van der Waals surface area contributed by atoms with E-state index in [4.69, 9.17) is 34.8 Å². The smallest absolute Gasteiger partial charge is 0.242 e. The molecule has 166 valence electrons. The molecule has 1 atom stereocenters. The lowest BCUT2D eigenvalue weighted by Gasteiger charge is -2.30. The van der Waals surface area contributed by atoms with Gasteiger partial charge in [-0.1, -0.05) is 71.9 Å². The van der Waals surface area contributed by atoms with Crippen LogP contribution in [-0.4, -0.2) is 28.8 Å². The standard InChI is InChI=1S/C24H27Cl3N2O2/c1-16(24(31)28-18-8-3-4-9-18)29(15-19-21(26)11-6-12-22(19)27)23(30)14-13-17-7-2-5-10-20(17)25/h2,5-7,10-12,16,18H,3-4,8-9,13-15H2,1H3,(H,28,31)/t16-/m0/s1. The van der Waals surface area contributed by atoms with E-state index in [1.807, 2.05) is 18.2 Å². The third kappa shape index (κ3) is 6.38. The number of benzene rings is 2. The predicted molar refractivity (Wildman–Crippen MR) is 127 cm³/mol. The first-order valence-electron chi connectivity index (χ1n) is 10.6. The third-order valence-electron chi connectivity index (χ3n) is 5.83. The molecule has 0 heterocycles. The molecule has 0 bridgehead atoms. The second-order valence-electron chi connectivity index (χ2n) is 7.98. The summed E-state index contributed by atoms with van der Waals surface area (Å²) in [6.45, 7) is 1.92. The molecule has 0 aliphatic heterocycles. The highest BCUT2D eigenvalue weighted by Crippen LogP contribution is 2.27. The summed E-state index contributed by atoms with van der Waals surface area (Å²) in [5.74, 6) is -0.300. The Labute approximate surface area is 198 Å². The van der Waals surface area contributed by atoms with Crippen molar-refractivity contribution in [2.75, 3.05) is 0 Å². The quantitative estimate of drug-likeness (QED) is 0.498. The number of carbonyl (C=O) groups is 2. The first-order chi connectivity index (χ1) is 14.9. The van der Waals surface area contributed by atoms with Crippen molar-refractivity contribution in [2.24, 2.45) is 0 Å². The van der Waals surface area contributed by atoms with E-state index >= 15 is 0 Å². The molecule has 1 N–H and O–H groups in total. The molecule has 2 aromatic rings. The number of rotatable bonds is 8. The minimum atomic E-state index is -0.647. The van der Waals surface area contributed by atoms with Crippen LogP contribution in [0.1, 0.15) is 50.2 Å². The van der Waals surface area contributed by atoms with Crippen LogP contribution in [0.2, 0.25) is 15.1 Å². The van der Waals surface area contributed by atoms with Crippen molar-refractivity contribution in [3.05, 3.63) is 68.7 Å². The number of halogens is 3. The number of amides is 2. The summed E-state index contributed by atoms with van der Waals surface area (Å²) in [6, 6.07) is 12.2. The van der Waals surface area contributed by atoms with Gasteiger partial charge in [0.05, 0.1) is 0 Å². The Hall–Kier alpha value is -1.75. The highest BCUT2D eigenvalue weighted by atomic mass is 35.5. The highest BCUT2D eigenvalue weighted by molar-refractivity contribution is 6.36. The fourth-order valence-corrected chi connectivity index (χ4v) is 4.66. The van der Waals surface area contributed by atoms with Crippen molar-refractivity contribution in [1.29, 1.82) is 0 Å². The molecule has 1 aliphatic carbocycles. The molecular weight excluding hydrogens is 455 g/mol. The monoisotopic (exact) mass is 480 g/mol. The Morgan fingerprint density at radius 1 is 1.00 bits per heavy atom. The zero-order valence-electron chi connectivity index (χ0n) is 17.5. The van der Waals surface area contributed by atoms with Gasteiger partial charge in [-0.05, 0) is 49.9 Å². The summed E-state index contributed by atoms with van der Waals surface area (Å²) in [5.41, 5.74) is 1.54. The van der Waals surface area contributed by atoms with Crippen LogP contribution in [0.15, 0.2) is 42.5 Å². The second-order valence-corrected chi connectivity index (χ2v) is 9.20. The molecule has 0 radical (unpaired) electrons. The fraction of sp³-hybridized carbons (Fsp3) is 0.417. The summed E-state index contributed by atoms with van der Waals surface area (Å²) in [6.07, 6.45) is 4.92. The molecule has 3 rings (SSSR count). The molecule has 0 saturated heterocycles. The highest BCUT2D eigenvalue weighted by Gasteiger charge is 2.29. The van der Waals surface area contributed by atoms with Gasteiger partial charge in [-0.3, -0.25) is 9.59 Å². The fourth-order valence-electron chi connectivity index (χ4n) is 3.91. The average molecular weight is 482 g/mol. The maximum atomic E-state index is 13.3. The van der Waals surface area contributed by atoms with E-state index in [0.717, 1.165) is 31.2 Å². The number of aryl methyl sites for hydroxylation is 1. The molecule has 7 heteroatoms. The van der Waals surface area contributed by atoms with Crippen LogP contribution in [0.3, 0.4) is 0 Å². The summed E-state index contributed by atoms with van der Waals surface area (Å²) in [5, 5.41) is 4.66. The maximum absolute atomic E-state index is 13.3. The van der Waals surface area contributed by atoms with Crippen molar-refractivity contribution in [1.82, 2.24) is 10.2 Å². The number of nitrogens with zero attached hydrogens (tertiary/aromatic N) is 1. The molecule has 1 fully saturated rings. The topological polar surface area (TPSA) is 49.4 Å². The van der Waals surface area contributed by atoms with Crippen LogP contribution in [0.4, 0.5) is 0 Å². The molecular formula is C24H27Cl3N2O2. The first kappa shape index (κ1) is 23.9. The molecule has 2 aromatic carbocycles. The average Bonchev–Trinajstić information content (AvgIpc) is 3.25. The van der Waals surface area contributed by atoms with Crippen LogP contribution < -0.4 is 5.32 Å². The van der Waals surface area contributed by atoms with Gasteiger partial charge in [0.2, 0.25) is 11.8 Å². The van der Waals surface area contributed by atoms with Gasteiger partial charge in [-0.15, -0.1) is 0 Å². The van der Waals surface area contributed by atoms with Crippen molar-refractivity contribution in [3.8, 4) is 0 Å². The predicted octanol–water partition coefficient (Wildman–Crippen LogP) is 6.06. The zero-order chi connectivity index (χ0) is 22.4. The van der Waals surface area contributed by atoms with E-state index in [2.05, 4.69) is 5.32 Å². The zero-order valence-corrected chi connectivity index (χ0v) is 19.8. The van der Waals surface area contributed by atoms with Crippen LogP contribution in [-0.2, 0) is 22.6 Å². The molecule has 1 saturated carbocycles. The van der Waals surface area contributed by atoms with Crippen molar-refractivity contribution < 1.29 is 9.59 Å². The lowest BCUT2D eigenvalue weighted by Crippen LogP contribution is -2.49. The molecule has 2 amide bonds. The van der Waals surface area contributed by atoms with Crippen LogP contribution in [0, 0.1) is 0 Å². The molecule has 4 nitrogen and oxygen atoms in total.